The second kappa shape index (κ2) is 3.91. The standard InChI is InChI=1S/C11H14BrNOS/c1-11(2)5-3-6-13(11)10(14)9-8(12)4-7-15-9/h4,7H,3,5-6H2,1-2H3. The largest absolute Gasteiger partial charge is 0.333 e. The van der Waals surface area contributed by atoms with E-state index < -0.39 is 0 Å². The first-order valence-corrected chi connectivity index (χ1v) is 6.74. The Morgan fingerprint density at radius 2 is 2.33 bits per heavy atom. The number of halogens is 1. The van der Waals surface area contributed by atoms with Crippen molar-refractivity contribution in [1.82, 2.24) is 4.90 Å². The minimum Gasteiger partial charge on any atom is -0.333 e. The van der Waals surface area contributed by atoms with Crippen LogP contribution in [0.2, 0.25) is 0 Å². The predicted octanol–water partition coefficient (Wildman–Crippen LogP) is 3.53. The van der Waals surface area contributed by atoms with Gasteiger partial charge in [0.2, 0.25) is 0 Å². The van der Waals surface area contributed by atoms with Crippen molar-refractivity contribution in [2.45, 2.75) is 32.2 Å². The fourth-order valence-corrected chi connectivity index (χ4v) is 3.54. The number of carbonyl (C=O) groups excluding carboxylic acids is 1. The van der Waals surface area contributed by atoms with Crippen LogP contribution in [0, 0.1) is 0 Å². The summed E-state index contributed by atoms with van der Waals surface area (Å²) in [6.07, 6.45) is 2.21. The molecule has 15 heavy (non-hydrogen) atoms. The Hall–Kier alpha value is -0.350. The molecule has 0 atom stereocenters. The fourth-order valence-electron chi connectivity index (χ4n) is 2.05. The molecule has 2 heterocycles. The molecule has 0 aromatic carbocycles. The van der Waals surface area contributed by atoms with Gasteiger partial charge in [-0.15, -0.1) is 11.3 Å². The molecule has 4 heteroatoms. The maximum absolute atomic E-state index is 12.3. The second-order valence-electron chi connectivity index (χ2n) is 4.47. The monoisotopic (exact) mass is 287 g/mol. The van der Waals surface area contributed by atoms with E-state index in [1.165, 1.54) is 11.3 Å². The third kappa shape index (κ3) is 1.97. The molecule has 0 bridgehead atoms. The molecule has 1 fully saturated rings. The minimum atomic E-state index is 0.0144. The van der Waals surface area contributed by atoms with Gasteiger partial charge in [0.15, 0.2) is 0 Å². The van der Waals surface area contributed by atoms with Gasteiger partial charge in [-0.25, -0.2) is 0 Å². The molecule has 1 aliphatic heterocycles. The molecule has 0 saturated carbocycles. The molecule has 1 amide bonds. The number of thiophene rings is 1. The van der Waals surface area contributed by atoms with E-state index in [1.807, 2.05) is 16.3 Å². The van der Waals surface area contributed by atoms with Crippen LogP contribution in [0.4, 0.5) is 0 Å². The topological polar surface area (TPSA) is 20.3 Å². The molecule has 0 unspecified atom stereocenters. The first kappa shape index (κ1) is 11.1. The van der Waals surface area contributed by atoms with Gasteiger partial charge in [-0.1, -0.05) is 0 Å². The van der Waals surface area contributed by atoms with Crippen LogP contribution in [0.25, 0.3) is 0 Å². The van der Waals surface area contributed by atoms with Crippen molar-refractivity contribution in [1.29, 1.82) is 0 Å². The van der Waals surface area contributed by atoms with E-state index in [1.54, 1.807) is 0 Å². The van der Waals surface area contributed by atoms with Crippen molar-refractivity contribution in [3.8, 4) is 0 Å². The summed E-state index contributed by atoms with van der Waals surface area (Å²) in [5, 5.41) is 1.94. The van der Waals surface area contributed by atoms with E-state index in [4.69, 9.17) is 0 Å². The molecule has 1 aromatic heterocycles. The third-order valence-corrected chi connectivity index (χ3v) is 4.78. The Labute approximate surface area is 102 Å². The highest BCUT2D eigenvalue weighted by atomic mass is 79.9. The number of rotatable bonds is 1. The van der Waals surface area contributed by atoms with Crippen LogP contribution < -0.4 is 0 Å². The van der Waals surface area contributed by atoms with Crippen LogP contribution in [0.15, 0.2) is 15.9 Å². The zero-order chi connectivity index (χ0) is 11.1. The van der Waals surface area contributed by atoms with Crippen LogP contribution in [0.5, 0.6) is 0 Å². The summed E-state index contributed by atoms with van der Waals surface area (Å²) in [6.45, 7) is 5.16. The summed E-state index contributed by atoms with van der Waals surface area (Å²) in [6, 6.07) is 1.93. The van der Waals surface area contributed by atoms with Crippen LogP contribution in [0.3, 0.4) is 0 Å². The lowest BCUT2D eigenvalue weighted by molar-refractivity contribution is 0.0656. The summed E-state index contributed by atoms with van der Waals surface area (Å²) < 4.78 is 0.917. The average molecular weight is 288 g/mol. The minimum absolute atomic E-state index is 0.0144. The van der Waals surface area contributed by atoms with Gasteiger partial charge >= 0.3 is 0 Å². The molecule has 0 aliphatic carbocycles. The van der Waals surface area contributed by atoms with Gasteiger partial charge in [0, 0.05) is 16.6 Å². The molecule has 1 aromatic rings. The molecule has 2 nitrogen and oxygen atoms in total. The zero-order valence-electron chi connectivity index (χ0n) is 8.92. The first-order chi connectivity index (χ1) is 7.02. The highest BCUT2D eigenvalue weighted by molar-refractivity contribution is 9.10. The maximum atomic E-state index is 12.3. The van der Waals surface area contributed by atoms with Crippen molar-refractivity contribution >= 4 is 33.2 Å². The van der Waals surface area contributed by atoms with Crippen LogP contribution in [0.1, 0.15) is 36.4 Å². The van der Waals surface area contributed by atoms with Gasteiger partial charge in [0.25, 0.3) is 5.91 Å². The van der Waals surface area contributed by atoms with E-state index in [0.717, 1.165) is 28.7 Å². The van der Waals surface area contributed by atoms with Crippen molar-refractivity contribution in [3.05, 3.63) is 20.8 Å². The Bertz CT molecular complexity index is 386. The van der Waals surface area contributed by atoms with Crippen molar-refractivity contribution in [3.63, 3.8) is 0 Å². The number of hydrogen-bond acceptors (Lipinski definition) is 2. The fraction of sp³-hybridized carbons (Fsp3) is 0.545. The van der Waals surface area contributed by atoms with Crippen molar-refractivity contribution < 1.29 is 4.79 Å². The zero-order valence-corrected chi connectivity index (χ0v) is 11.3. The highest BCUT2D eigenvalue weighted by Gasteiger charge is 2.36. The second-order valence-corrected chi connectivity index (χ2v) is 6.24. The molecule has 1 aliphatic rings. The van der Waals surface area contributed by atoms with Gasteiger partial charge in [0.05, 0.1) is 0 Å². The summed E-state index contributed by atoms with van der Waals surface area (Å²) >= 11 is 4.92. The highest BCUT2D eigenvalue weighted by Crippen LogP contribution is 2.32. The smallest absolute Gasteiger partial charge is 0.265 e. The summed E-state index contributed by atoms with van der Waals surface area (Å²) in [5.41, 5.74) is 0.0144. The number of hydrogen-bond donors (Lipinski definition) is 0. The molecule has 2 rings (SSSR count). The first-order valence-electron chi connectivity index (χ1n) is 5.07. The SMILES string of the molecule is CC1(C)CCCN1C(=O)c1sccc1Br. The summed E-state index contributed by atoms with van der Waals surface area (Å²) in [5.74, 6) is 0.166. The predicted molar refractivity (Wildman–Crippen MR) is 66.4 cm³/mol. The molecule has 0 radical (unpaired) electrons. The molecule has 0 N–H and O–H groups in total. The van der Waals surface area contributed by atoms with E-state index in [-0.39, 0.29) is 11.4 Å². The lowest BCUT2D eigenvalue weighted by Gasteiger charge is -2.31. The lowest BCUT2D eigenvalue weighted by Crippen LogP contribution is -2.42. The maximum Gasteiger partial charge on any atom is 0.265 e. The third-order valence-electron chi connectivity index (χ3n) is 2.96. The quantitative estimate of drug-likeness (QED) is 0.774. The Kier molecular flexibility index (Phi) is 2.90. The number of nitrogens with zero attached hydrogens (tertiary/aromatic N) is 1. The Morgan fingerprint density at radius 3 is 2.80 bits per heavy atom. The molecule has 82 valence electrons. The normalized spacial score (nSPS) is 19.5. The number of amides is 1. The van der Waals surface area contributed by atoms with E-state index >= 15 is 0 Å². The molecule has 0 spiro atoms. The van der Waals surface area contributed by atoms with Crippen LogP contribution >= 0.6 is 27.3 Å². The van der Waals surface area contributed by atoms with Crippen molar-refractivity contribution in [2.75, 3.05) is 6.54 Å². The van der Waals surface area contributed by atoms with Crippen LogP contribution in [-0.2, 0) is 0 Å². The van der Waals surface area contributed by atoms with Crippen LogP contribution in [-0.4, -0.2) is 22.9 Å². The number of carbonyl (C=O) groups is 1. The Morgan fingerprint density at radius 1 is 1.60 bits per heavy atom. The average Bonchev–Trinajstić information content (AvgIpc) is 2.70. The molecular weight excluding hydrogens is 274 g/mol. The van der Waals surface area contributed by atoms with Gasteiger partial charge < -0.3 is 4.90 Å². The van der Waals surface area contributed by atoms with Gasteiger partial charge in [-0.3, -0.25) is 4.79 Å². The Balaban J connectivity index is 2.26. The number of likely N-dealkylation sites (tertiary alicyclic amines) is 1. The molecule has 1 saturated heterocycles. The van der Waals surface area contributed by atoms with Gasteiger partial charge in [-0.2, -0.15) is 0 Å². The summed E-state index contributed by atoms with van der Waals surface area (Å²) in [4.78, 5) is 15.1. The van der Waals surface area contributed by atoms with Gasteiger partial charge in [0.1, 0.15) is 4.88 Å². The van der Waals surface area contributed by atoms with E-state index in [0.29, 0.717) is 0 Å². The van der Waals surface area contributed by atoms with E-state index in [2.05, 4.69) is 29.8 Å². The van der Waals surface area contributed by atoms with Crippen molar-refractivity contribution in [2.24, 2.45) is 0 Å². The lowest BCUT2D eigenvalue weighted by atomic mass is 10.0. The summed E-state index contributed by atoms with van der Waals surface area (Å²) in [7, 11) is 0. The molecular formula is C11H14BrNOS. The van der Waals surface area contributed by atoms with E-state index in [9.17, 15) is 4.79 Å². The van der Waals surface area contributed by atoms with Gasteiger partial charge in [-0.05, 0) is 54.1 Å².